The topological polar surface area (TPSA) is 102 Å². The van der Waals surface area contributed by atoms with E-state index < -0.39 is 0 Å². The molecule has 2 aromatic heterocycles. The lowest BCUT2D eigenvalue weighted by molar-refractivity contribution is 0.0903. The number of methoxy groups -OCH3 is 1. The first-order valence-corrected chi connectivity index (χ1v) is 12.9. The standard InChI is InChI=1S/C27H37N7O2/c1-4-22-27(30-20-7-13-36-14-8-20)32-24-21(16-29-26(28)25(24)31-22)18-5-6-19(23(15-18)35-3)17-34-11-9-33(2)10-12-34/h5-6,15-16,20H,4,7-14,17H2,1-3H3,(H2,28,29)(H,30,32). The number of benzene rings is 1. The second-order valence-corrected chi connectivity index (χ2v) is 9.76. The number of pyridine rings is 1. The quantitative estimate of drug-likeness (QED) is 0.516. The minimum Gasteiger partial charge on any atom is -0.496 e. The molecule has 0 unspecified atom stereocenters. The van der Waals surface area contributed by atoms with Crippen molar-refractivity contribution in [3.05, 3.63) is 35.7 Å². The highest BCUT2D eigenvalue weighted by atomic mass is 16.5. The normalized spacial score (nSPS) is 18.0. The number of piperazine rings is 1. The Labute approximate surface area is 213 Å². The van der Waals surface area contributed by atoms with Crippen LogP contribution in [0.15, 0.2) is 24.4 Å². The molecule has 0 radical (unpaired) electrons. The van der Waals surface area contributed by atoms with Gasteiger partial charge in [-0.15, -0.1) is 0 Å². The molecule has 9 nitrogen and oxygen atoms in total. The summed E-state index contributed by atoms with van der Waals surface area (Å²) in [5.41, 5.74) is 11.6. The summed E-state index contributed by atoms with van der Waals surface area (Å²) in [6.07, 6.45) is 4.47. The molecule has 4 heterocycles. The minimum atomic E-state index is 0.326. The molecule has 0 aliphatic carbocycles. The van der Waals surface area contributed by atoms with Gasteiger partial charge in [0.25, 0.3) is 0 Å². The fourth-order valence-electron chi connectivity index (χ4n) is 4.99. The van der Waals surface area contributed by atoms with E-state index >= 15 is 0 Å². The number of nitrogens with one attached hydrogen (secondary N) is 1. The van der Waals surface area contributed by atoms with Crippen molar-refractivity contribution in [2.24, 2.45) is 0 Å². The Bertz CT molecular complexity index is 1200. The number of ether oxygens (including phenoxy) is 2. The zero-order valence-corrected chi connectivity index (χ0v) is 21.6. The van der Waals surface area contributed by atoms with Gasteiger partial charge in [0.05, 0.1) is 12.8 Å². The average molecular weight is 492 g/mol. The lowest BCUT2D eigenvalue weighted by Gasteiger charge is -2.32. The van der Waals surface area contributed by atoms with Gasteiger partial charge in [-0.05, 0) is 37.9 Å². The largest absolute Gasteiger partial charge is 0.496 e. The Morgan fingerprint density at radius 2 is 1.89 bits per heavy atom. The van der Waals surface area contributed by atoms with Crippen LogP contribution in [0.3, 0.4) is 0 Å². The van der Waals surface area contributed by atoms with Crippen LogP contribution in [0.4, 0.5) is 11.6 Å². The van der Waals surface area contributed by atoms with E-state index in [1.165, 1.54) is 5.56 Å². The van der Waals surface area contributed by atoms with Crippen LogP contribution < -0.4 is 15.8 Å². The summed E-state index contributed by atoms with van der Waals surface area (Å²) < 4.78 is 11.3. The molecule has 3 aromatic rings. The van der Waals surface area contributed by atoms with Crippen molar-refractivity contribution in [1.82, 2.24) is 24.8 Å². The predicted octanol–water partition coefficient (Wildman–Crippen LogP) is 3.18. The van der Waals surface area contributed by atoms with Crippen LogP contribution in [0.25, 0.3) is 22.2 Å². The SMILES string of the molecule is CCc1nc2c(N)ncc(-c3ccc(CN4CCN(C)CC4)c(OC)c3)c2nc1NC1CCOCC1. The molecule has 3 N–H and O–H groups in total. The Morgan fingerprint density at radius 3 is 2.61 bits per heavy atom. The van der Waals surface area contributed by atoms with Gasteiger partial charge in [0, 0.05) is 69.3 Å². The van der Waals surface area contributed by atoms with Crippen LogP contribution in [0.2, 0.25) is 0 Å². The van der Waals surface area contributed by atoms with Gasteiger partial charge in [-0.3, -0.25) is 4.90 Å². The Morgan fingerprint density at radius 1 is 1.11 bits per heavy atom. The molecule has 5 rings (SSSR count). The molecular weight excluding hydrogens is 454 g/mol. The zero-order valence-electron chi connectivity index (χ0n) is 21.6. The number of anilines is 2. The van der Waals surface area contributed by atoms with Gasteiger partial charge in [-0.25, -0.2) is 15.0 Å². The molecule has 36 heavy (non-hydrogen) atoms. The summed E-state index contributed by atoms with van der Waals surface area (Å²) >= 11 is 0. The average Bonchev–Trinajstić information content (AvgIpc) is 2.91. The maximum Gasteiger partial charge on any atom is 0.151 e. The molecule has 2 fully saturated rings. The van der Waals surface area contributed by atoms with Crippen molar-refractivity contribution in [1.29, 1.82) is 0 Å². The van der Waals surface area contributed by atoms with Gasteiger partial charge in [0.2, 0.25) is 0 Å². The summed E-state index contributed by atoms with van der Waals surface area (Å²) in [6.45, 7) is 8.79. The highest BCUT2D eigenvalue weighted by molar-refractivity contribution is 5.97. The fraction of sp³-hybridized carbons (Fsp3) is 0.519. The number of likely N-dealkylation sites (N-methyl/N-ethyl adjacent to an activating group) is 1. The summed E-state index contributed by atoms with van der Waals surface area (Å²) in [6, 6.07) is 6.69. The second-order valence-electron chi connectivity index (χ2n) is 9.76. The summed E-state index contributed by atoms with van der Waals surface area (Å²) in [5, 5.41) is 3.62. The van der Waals surface area contributed by atoms with Crippen LogP contribution in [-0.4, -0.2) is 84.3 Å². The third-order valence-electron chi connectivity index (χ3n) is 7.28. The van der Waals surface area contributed by atoms with Crippen LogP contribution >= 0.6 is 0 Å². The Balaban J connectivity index is 1.50. The number of nitrogens with two attached hydrogens (primary N) is 1. The van der Waals surface area contributed by atoms with Crippen LogP contribution in [0.5, 0.6) is 5.75 Å². The number of hydrogen-bond donors (Lipinski definition) is 2. The maximum atomic E-state index is 6.27. The van der Waals surface area contributed by atoms with E-state index in [2.05, 4.69) is 52.3 Å². The highest BCUT2D eigenvalue weighted by Gasteiger charge is 2.20. The molecule has 192 valence electrons. The lowest BCUT2D eigenvalue weighted by atomic mass is 10.0. The van der Waals surface area contributed by atoms with E-state index in [1.807, 2.05) is 0 Å². The van der Waals surface area contributed by atoms with Crippen LogP contribution in [0, 0.1) is 0 Å². The number of aryl methyl sites for hydroxylation is 1. The number of nitrogen functional groups attached to an aromatic ring is 1. The van der Waals surface area contributed by atoms with Gasteiger partial charge < -0.3 is 25.4 Å². The van der Waals surface area contributed by atoms with Gasteiger partial charge >= 0.3 is 0 Å². The van der Waals surface area contributed by atoms with Crippen molar-refractivity contribution in [3.8, 4) is 16.9 Å². The van der Waals surface area contributed by atoms with E-state index in [-0.39, 0.29) is 0 Å². The summed E-state index contributed by atoms with van der Waals surface area (Å²) in [4.78, 5) is 19.3. The monoisotopic (exact) mass is 491 g/mol. The number of fused-ring (bicyclic) bond motifs is 1. The van der Waals surface area contributed by atoms with Crippen molar-refractivity contribution >= 4 is 22.7 Å². The number of hydrogen-bond acceptors (Lipinski definition) is 9. The number of aromatic nitrogens is 3. The van der Waals surface area contributed by atoms with Crippen LogP contribution in [0.1, 0.15) is 31.0 Å². The van der Waals surface area contributed by atoms with Crippen molar-refractivity contribution in [3.63, 3.8) is 0 Å². The summed E-state index contributed by atoms with van der Waals surface area (Å²) in [5.74, 6) is 2.09. The molecule has 0 amide bonds. The highest BCUT2D eigenvalue weighted by Crippen LogP contribution is 2.34. The van der Waals surface area contributed by atoms with Crippen molar-refractivity contribution in [2.75, 3.05) is 64.6 Å². The molecule has 2 aliphatic heterocycles. The number of rotatable bonds is 7. The first-order valence-electron chi connectivity index (χ1n) is 12.9. The Kier molecular flexibility index (Phi) is 7.50. The first-order chi connectivity index (χ1) is 17.6. The third-order valence-corrected chi connectivity index (χ3v) is 7.28. The predicted molar refractivity (Wildman–Crippen MR) is 143 cm³/mol. The maximum absolute atomic E-state index is 6.27. The summed E-state index contributed by atoms with van der Waals surface area (Å²) in [7, 11) is 3.91. The third kappa shape index (κ3) is 5.23. The van der Waals surface area contributed by atoms with E-state index in [0.717, 1.165) is 99.1 Å². The van der Waals surface area contributed by atoms with Gasteiger partial charge in [-0.1, -0.05) is 19.1 Å². The van der Waals surface area contributed by atoms with E-state index in [9.17, 15) is 0 Å². The fourth-order valence-corrected chi connectivity index (χ4v) is 4.99. The molecule has 9 heteroatoms. The van der Waals surface area contributed by atoms with Crippen molar-refractivity contribution < 1.29 is 9.47 Å². The molecule has 0 spiro atoms. The molecule has 0 bridgehead atoms. The van der Waals surface area contributed by atoms with E-state index in [4.69, 9.17) is 25.2 Å². The number of nitrogens with zero attached hydrogens (tertiary/aromatic N) is 5. The van der Waals surface area contributed by atoms with E-state index in [1.54, 1.807) is 13.3 Å². The first kappa shape index (κ1) is 24.7. The van der Waals surface area contributed by atoms with Gasteiger partial charge in [0.15, 0.2) is 5.82 Å². The van der Waals surface area contributed by atoms with Crippen LogP contribution in [-0.2, 0) is 17.7 Å². The molecule has 1 aromatic carbocycles. The van der Waals surface area contributed by atoms with Crippen molar-refractivity contribution in [2.45, 2.75) is 38.8 Å². The molecule has 0 saturated carbocycles. The zero-order chi connectivity index (χ0) is 25.1. The molecule has 2 saturated heterocycles. The molecule has 2 aliphatic rings. The molecular formula is C27H37N7O2. The smallest absolute Gasteiger partial charge is 0.151 e. The van der Waals surface area contributed by atoms with E-state index in [0.29, 0.717) is 17.4 Å². The van der Waals surface area contributed by atoms with Gasteiger partial charge in [-0.2, -0.15) is 0 Å². The minimum absolute atomic E-state index is 0.326. The Hall–Kier alpha value is -3.01. The lowest BCUT2D eigenvalue weighted by Crippen LogP contribution is -2.43. The second kappa shape index (κ2) is 10.9. The van der Waals surface area contributed by atoms with Gasteiger partial charge in [0.1, 0.15) is 22.6 Å². The molecule has 0 atom stereocenters.